The summed E-state index contributed by atoms with van der Waals surface area (Å²) in [7, 11) is -4.84. The van der Waals surface area contributed by atoms with Crippen molar-refractivity contribution in [3.8, 4) is 0 Å². The number of carbonyl (C=O) groups excluding carboxylic acids is 1. The lowest BCUT2D eigenvalue weighted by Crippen LogP contribution is -2.13. The van der Waals surface area contributed by atoms with Gasteiger partial charge in [0.1, 0.15) is 0 Å². The van der Waals surface area contributed by atoms with Crippen molar-refractivity contribution in [3.63, 3.8) is 0 Å². The van der Waals surface area contributed by atoms with Crippen LogP contribution in [0.1, 0.15) is 11.1 Å². The molecule has 152 valence electrons. The first kappa shape index (κ1) is 20.9. The Balaban J connectivity index is 1.96. The van der Waals surface area contributed by atoms with Gasteiger partial charge in [0.25, 0.3) is 11.6 Å². The SMILES string of the molecule is O=C(Nc1ccc(S(=O)(=O)F)cc1)C(=Cc1cccc([N+](=O)[O-])c1)c1ccccc1. The van der Waals surface area contributed by atoms with Crippen molar-refractivity contribution in [2.45, 2.75) is 4.90 Å². The number of hydrogen-bond donors (Lipinski definition) is 1. The largest absolute Gasteiger partial charge is 0.332 e. The summed E-state index contributed by atoms with van der Waals surface area (Å²) in [6.45, 7) is 0. The number of benzene rings is 3. The fourth-order valence-electron chi connectivity index (χ4n) is 2.69. The number of carbonyl (C=O) groups is 1. The number of non-ortho nitro benzene ring substituents is 1. The zero-order valence-electron chi connectivity index (χ0n) is 15.4. The Hall–Kier alpha value is -3.85. The summed E-state index contributed by atoms with van der Waals surface area (Å²) in [5, 5.41) is 13.6. The average molecular weight is 426 g/mol. The first-order chi connectivity index (χ1) is 14.2. The Kier molecular flexibility index (Phi) is 6.03. The molecule has 0 bridgehead atoms. The maximum absolute atomic E-state index is 13.0. The quantitative estimate of drug-likeness (QED) is 0.206. The van der Waals surface area contributed by atoms with Crippen molar-refractivity contribution in [2.75, 3.05) is 5.32 Å². The molecule has 0 saturated heterocycles. The van der Waals surface area contributed by atoms with Crippen molar-refractivity contribution in [2.24, 2.45) is 0 Å². The highest BCUT2D eigenvalue weighted by atomic mass is 32.3. The van der Waals surface area contributed by atoms with Crippen LogP contribution in [0.25, 0.3) is 11.6 Å². The number of amides is 1. The number of halogens is 1. The molecule has 7 nitrogen and oxygen atoms in total. The van der Waals surface area contributed by atoms with Gasteiger partial charge in [-0.05, 0) is 41.5 Å². The van der Waals surface area contributed by atoms with Gasteiger partial charge in [-0.25, -0.2) is 0 Å². The van der Waals surface area contributed by atoms with E-state index in [0.29, 0.717) is 11.1 Å². The Labute approximate surface area is 171 Å². The number of nitrogens with zero attached hydrogens (tertiary/aromatic N) is 1. The predicted molar refractivity (Wildman–Crippen MR) is 111 cm³/mol. The highest BCUT2D eigenvalue weighted by Gasteiger charge is 2.15. The lowest BCUT2D eigenvalue weighted by Gasteiger charge is -2.10. The molecule has 0 heterocycles. The van der Waals surface area contributed by atoms with Crippen LogP contribution in [0.5, 0.6) is 0 Å². The minimum atomic E-state index is -4.84. The van der Waals surface area contributed by atoms with Crippen LogP contribution in [0.3, 0.4) is 0 Å². The number of nitrogens with one attached hydrogen (secondary N) is 1. The van der Waals surface area contributed by atoms with E-state index in [4.69, 9.17) is 0 Å². The number of nitro groups is 1. The molecule has 0 saturated carbocycles. The molecule has 0 aliphatic carbocycles. The van der Waals surface area contributed by atoms with Crippen LogP contribution in [-0.4, -0.2) is 19.2 Å². The van der Waals surface area contributed by atoms with Gasteiger partial charge < -0.3 is 5.32 Å². The van der Waals surface area contributed by atoms with Crippen LogP contribution >= 0.6 is 0 Å². The molecule has 3 aromatic rings. The van der Waals surface area contributed by atoms with Crippen LogP contribution < -0.4 is 5.32 Å². The smallest absolute Gasteiger partial charge is 0.322 e. The molecule has 0 atom stereocenters. The second-order valence-corrected chi connectivity index (χ2v) is 7.54. The summed E-state index contributed by atoms with van der Waals surface area (Å²) >= 11 is 0. The van der Waals surface area contributed by atoms with E-state index in [1.165, 1.54) is 36.4 Å². The summed E-state index contributed by atoms with van der Waals surface area (Å²) < 4.78 is 34.9. The topological polar surface area (TPSA) is 106 Å². The predicted octanol–water partition coefficient (Wildman–Crippen LogP) is 4.43. The normalized spacial score (nSPS) is 11.7. The average Bonchev–Trinajstić information content (AvgIpc) is 2.72. The Bertz CT molecular complexity index is 1220. The second-order valence-electron chi connectivity index (χ2n) is 6.19. The maximum Gasteiger partial charge on any atom is 0.332 e. The molecule has 0 aromatic heterocycles. The zero-order valence-corrected chi connectivity index (χ0v) is 16.2. The zero-order chi connectivity index (χ0) is 21.7. The molecule has 0 spiro atoms. The van der Waals surface area contributed by atoms with Crippen LogP contribution in [0, 0.1) is 10.1 Å². The van der Waals surface area contributed by atoms with Crippen LogP contribution in [-0.2, 0) is 15.0 Å². The van der Waals surface area contributed by atoms with Crippen molar-refractivity contribution in [3.05, 3.63) is 100 Å². The van der Waals surface area contributed by atoms with Gasteiger partial charge in [-0.3, -0.25) is 14.9 Å². The minimum Gasteiger partial charge on any atom is -0.322 e. The van der Waals surface area contributed by atoms with Gasteiger partial charge in [-0.1, -0.05) is 42.5 Å². The molecule has 1 amide bonds. The molecule has 30 heavy (non-hydrogen) atoms. The Morgan fingerprint density at radius 1 is 0.967 bits per heavy atom. The molecule has 0 aliphatic rings. The standard InChI is InChI=1S/C21H15FN2O5S/c22-30(28,29)19-11-9-17(10-12-19)23-21(25)20(16-6-2-1-3-7-16)14-15-5-4-8-18(13-15)24(26)27/h1-14H,(H,23,25). The summed E-state index contributed by atoms with van der Waals surface area (Å²) in [6.07, 6.45) is 1.51. The van der Waals surface area contributed by atoms with Gasteiger partial charge in [0, 0.05) is 23.4 Å². The van der Waals surface area contributed by atoms with Gasteiger partial charge in [-0.2, -0.15) is 8.42 Å². The van der Waals surface area contributed by atoms with Crippen LogP contribution in [0.2, 0.25) is 0 Å². The van der Waals surface area contributed by atoms with Crippen LogP contribution in [0.4, 0.5) is 15.3 Å². The van der Waals surface area contributed by atoms with Crippen molar-refractivity contribution >= 4 is 39.2 Å². The molecular formula is C21H15FN2O5S. The lowest BCUT2D eigenvalue weighted by atomic mass is 10.0. The van der Waals surface area contributed by atoms with E-state index in [0.717, 1.165) is 12.1 Å². The Morgan fingerprint density at radius 2 is 1.63 bits per heavy atom. The Morgan fingerprint density at radius 3 is 2.23 bits per heavy atom. The van der Waals surface area contributed by atoms with E-state index in [9.17, 15) is 27.2 Å². The molecule has 0 fully saturated rings. The van der Waals surface area contributed by atoms with Gasteiger partial charge in [0.15, 0.2) is 0 Å². The number of anilines is 1. The minimum absolute atomic E-state index is 0.111. The first-order valence-corrected chi connectivity index (χ1v) is 10.00. The van der Waals surface area contributed by atoms with E-state index in [1.807, 2.05) is 0 Å². The van der Waals surface area contributed by atoms with Gasteiger partial charge in [0.2, 0.25) is 0 Å². The fourth-order valence-corrected chi connectivity index (χ4v) is 3.15. The molecular weight excluding hydrogens is 411 g/mol. The van der Waals surface area contributed by atoms with Crippen molar-refractivity contribution in [1.82, 2.24) is 0 Å². The van der Waals surface area contributed by atoms with E-state index in [2.05, 4.69) is 5.32 Å². The molecule has 0 unspecified atom stereocenters. The summed E-state index contributed by atoms with van der Waals surface area (Å²) in [5.41, 5.74) is 1.41. The van der Waals surface area contributed by atoms with E-state index in [-0.39, 0.29) is 16.9 Å². The third-order valence-electron chi connectivity index (χ3n) is 4.12. The fraction of sp³-hybridized carbons (Fsp3) is 0. The molecule has 9 heteroatoms. The lowest BCUT2D eigenvalue weighted by molar-refractivity contribution is -0.384. The van der Waals surface area contributed by atoms with Gasteiger partial charge >= 0.3 is 10.2 Å². The molecule has 0 aliphatic heterocycles. The number of rotatable bonds is 6. The number of hydrogen-bond acceptors (Lipinski definition) is 5. The summed E-state index contributed by atoms with van der Waals surface area (Å²) in [6, 6.07) is 19.1. The molecule has 3 aromatic carbocycles. The van der Waals surface area contributed by atoms with E-state index in [1.54, 1.807) is 36.4 Å². The second kappa shape index (κ2) is 8.66. The molecule has 1 N–H and O–H groups in total. The third kappa shape index (κ3) is 5.15. The highest BCUT2D eigenvalue weighted by Crippen LogP contribution is 2.23. The van der Waals surface area contributed by atoms with Crippen molar-refractivity contribution < 1.29 is 22.0 Å². The maximum atomic E-state index is 13.0. The van der Waals surface area contributed by atoms with Gasteiger partial charge in [0.05, 0.1) is 9.82 Å². The van der Waals surface area contributed by atoms with Crippen LogP contribution in [0.15, 0.2) is 83.8 Å². The summed E-state index contributed by atoms with van der Waals surface area (Å²) in [4.78, 5) is 22.9. The molecule has 0 radical (unpaired) electrons. The van der Waals surface area contributed by atoms with Gasteiger partial charge in [-0.15, -0.1) is 3.89 Å². The first-order valence-electron chi connectivity index (χ1n) is 8.62. The monoisotopic (exact) mass is 426 g/mol. The van der Waals surface area contributed by atoms with Crippen molar-refractivity contribution in [1.29, 1.82) is 0 Å². The summed E-state index contributed by atoms with van der Waals surface area (Å²) in [5.74, 6) is -0.524. The number of nitro benzene ring substituents is 1. The van der Waals surface area contributed by atoms with E-state index < -0.39 is 25.9 Å². The third-order valence-corrected chi connectivity index (χ3v) is 4.95. The van der Waals surface area contributed by atoms with E-state index >= 15 is 0 Å². The molecule has 3 rings (SSSR count). The highest BCUT2D eigenvalue weighted by molar-refractivity contribution is 7.86.